The largest absolute Gasteiger partial charge is 0.392 e. The minimum absolute atomic E-state index is 0.587. The van der Waals surface area contributed by atoms with Gasteiger partial charge >= 0.3 is 16.1 Å². The molecule has 76 valence electrons. The topological polar surface area (TPSA) is 80.7 Å². The molecule has 1 atom stereocenters. The van der Waals surface area contributed by atoms with E-state index in [4.69, 9.17) is 5.11 Å². The number of aliphatic hydroxyl groups excluding tert-OH is 1. The van der Waals surface area contributed by atoms with Crippen molar-refractivity contribution >= 4 is 16.1 Å². The Balaban J connectivity index is 4.27. The van der Waals surface area contributed by atoms with Gasteiger partial charge in [0.05, 0.1) is 6.10 Å². The number of hydrogen-bond donors (Lipinski definition) is 1. The predicted molar refractivity (Wildman–Crippen MR) is 46.4 cm³/mol. The zero-order chi connectivity index (χ0) is 10.5. The highest BCUT2D eigenvalue weighted by atomic mass is 32.2. The van der Waals surface area contributed by atoms with Gasteiger partial charge in [0.25, 0.3) is 0 Å². The number of carbonyl (C=O) groups excluding carboxylic acids is 1. The summed E-state index contributed by atoms with van der Waals surface area (Å²) in [6.45, 7) is 2.85. The van der Waals surface area contributed by atoms with E-state index in [0.717, 1.165) is 6.08 Å². The van der Waals surface area contributed by atoms with Crippen LogP contribution in [0.1, 0.15) is 13.8 Å². The Labute approximate surface area is 77.1 Å². The second-order valence-corrected chi connectivity index (χ2v) is 4.09. The molecule has 0 aliphatic heterocycles. The van der Waals surface area contributed by atoms with E-state index in [1.165, 1.54) is 13.0 Å². The first-order valence-corrected chi connectivity index (χ1v) is 5.22. The number of carbonyl (C=O) groups is 1. The fourth-order valence-electron chi connectivity index (χ4n) is 0.618. The first-order chi connectivity index (χ1) is 5.87. The molecule has 0 spiro atoms. The first-order valence-electron chi connectivity index (χ1n) is 3.64. The van der Waals surface area contributed by atoms with Crippen molar-refractivity contribution in [2.24, 2.45) is 0 Å². The summed E-state index contributed by atoms with van der Waals surface area (Å²) in [7, 11) is -3.95. The monoisotopic (exact) mass is 208 g/mol. The van der Waals surface area contributed by atoms with E-state index in [-0.39, 0.29) is 0 Å². The molecule has 0 fully saturated rings. The highest BCUT2D eigenvalue weighted by Crippen LogP contribution is 1.98. The molecule has 0 saturated carbocycles. The van der Waals surface area contributed by atoms with Gasteiger partial charge < -0.3 is 9.29 Å². The Hall–Kier alpha value is -0.880. The maximum absolute atomic E-state index is 10.9. The molecule has 0 amide bonds. The van der Waals surface area contributed by atoms with Crippen LogP contribution < -0.4 is 0 Å². The molecule has 1 N–H and O–H groups in total. The van der Waals surface area contributed by atoms with Crippen LogP contribution in [-0.4, -0.2) is 31.4 Å². The molecule has 0 aromatic rings. The average Bonchev–Trinajstić information content (AvgIpc) is 1.81. The Morgan fingerprint density at radius 2 is 2.15 bits per heavy atom. The van der Waals surface area contributed by atoms with E-state index in [1.54, 1.807) is 6.92 Å². The quantitative estimate of drug-likeness (QED) is 0.512. The molecular formula is C7H12O5S. The van der Waals surface area contributed by atoms with Crippen LogP contribution in [0, 0.1) is 0 Å². The fourth-order valence-corrected chi connectivity index (χ4v) is 1.58. The Bertz CT molecular complexity index is 288. The van der Waals surface area contributed by atoms with Gasteiger partial charge in [-0.3, -0.25) is 0 Å². The Morgan fingerprint density at radius 1 is 1.62 bits per heavy atom. The van der Waals surface area contributed by atoms with Gasteiger partial charge in [0.1, 0.15) is 5.75 Å². The second kappa shape index (κ2) is 4.98. The maximum Gasteiger partial charge on any atom is 0.346 e. The molecule has 0 aliphatic rings. The average molecular weight is 208 g/mol. The summed E-state index contributed by atoms with van der Waals surface area (Å²) in [5, 5.41) is 8.74. The third-order valence-corrected chi connectivity index (χ3v) is 2.27. The Kier molecular flexibility index (Phi) is 4.64. The third kappa shape index (κ3) is 6.30. The number of hydrogen-bond acceptors (Lipinski definition) is 5. The molecule has 5 nitrogen and oxygen atoms in total. The maximum atomic E-state index is 10.9. The van der Waals surface area contributed by atoms with Crippen LogP contribution in [0.4, 0.5) is 0 Å². The minimum atomic E-state index is -3.95. The molecule has 0 aromatic carbocycles. The molecule has 0 rings (SSSR count). The van der Waals surface area contributed by atoms with Crippen LogP contribution in [-0.2, 0) is 19.1 Å². The SMILES string of the molecule is CC=CC(=O)OS(=O)(=O)CC(C)O. The van der Waals surface area contributed by atoms with Crippen molar-refractivity contribution in [1.82, 2.24) is 0 Å². The van der Waals surface area contributed by atoms with Crippen molar-refractivity contribution in [1.29, 1.82) is 0 Å². The predicted octanol–water partition coefficient (Wildman–Crippen LogP) is -0.184. The third-order valence-electron chi connectivity index (χ3n) is 0.957. The minimum Gasteiger partial charge on any atom is -0.392 e. The summed E-state index contributed by atoms with van der Waals surface area (Å²) >= 11 is 0. The van der Waals surface area contributed by atoms with Crippen LogP contribution >= 0.6 is 0 Å². The highest BCUT2D eigenvalue weighted by Gasteiger charge is 2.17. The van der Waals surface area contributed by atoms with Gasteiger partial charge in [0.2, 0.25) is 0 Å². The van der Waals surface area contributed by atoms with Crippen LogP contribution in [0.5, 0.6) is 0 Å². The molecule has 0 heterocycles. The van der Waals surface area contributed by atoms with E-state index in [1.807, 2.05) is 0 Å². The van der Waals surface area contributed by atoms with Crippen LogP contribution in [0.2, 0.25) is 0 Å². The van der Waals surface area contributed by atoms with Crippen molar-refractivity contribution in [2.45, 2.75) is 20.0 Å². The number of allylic oxidation sites excluding steroid dienone is 1. The van der Waals surface area contributed by atoms with E-state index >= 15 is 0 Å². The lowest BCUT2D eigenvalue weighted by molar-refractivity contribution is -0.128. The standard InChI is InChI=1S/C7H12O5S/c1-3-4-7(9)12-13(10,11)5-6(2)8/h3-4,6,8H,5H2,1-2H3. The van der Waals surface area contributed by atoms with E-state index in [0.29, 0.717) is 0 Å². The molecule has 6 heteroatoms. The summed E-state index contributed by atoms with van der Waals surface area (Å²) in [6, 6.07) is 0. The summed E-state index contributed by atoms with van der Waals surface area (Å²) in [5.41, 5.74) is 0. The van der Waals surface area contributed by atoms with Crippen molar-refractivity contribution < 1.29 is 22.5 Å². The molecule has 0 saturated heterocycles. The fraction of sp³-hybridized carbons (Fsp3) is 0.571. The van der Waals surface area contributed by atoms with Crippen molar-refractivity contribution in [2.75, 3.05) is 5.75 Å². The zero-order valence-corrected chi connectivity index (χ0v) is 8.24. The normalized spacial score (nSPS) is 14.4. The lowest BCUT2D eigenvalue weighted by Crippen LogP contribution is -2.21. The molecule has 13 heavy (non-hydrogen) atoms. The van der Waals surface area contributed by atoms with Gasteiger partial charge in [-0.2, -0.15) is 8.42 Å². The molecule has 0 bridgehead atoms. The molecular weight excluding hydrogens is 196 g/mol. The zero-order valence-electron chi connectivity index (χ0n) is 7.43. The van der Waals surface area contributed by atoms with Gasteiger partial charge in [-0.15, -0.1) is 0 Å². The van der Waals surface area contributed by atoms with Gasteiger partial charge in [0, 0.05) is 6.08 Å². The summed E-state index contributed by atoms with van der Waals surface area (Å²) in [6.07, 6.45) is 1.29. The van der Waals surface area contributed by atoms with Crippen LogP contribution in [0.25, 0.3) is 0 Å². The van der Waals surface area contributed by atoms with E-state index in [9.17, 15) is 13.2 Å². The smallest absolute Gasteiger partial charge is 0.346 e. The lowest BCUT2D eigenvalue weighted by atomic mass is 10.5. The van der Waals surface area contributed by atoms with E-state index in [2.05, 4.69) is 4.18 Å². The number of aliphatic hydroxyl groups is 1. The van der Waals surface area contributed by atoms with Gasteiger partial charge in [-0.05, 0) is 13.8 Å². The van der Waals surface area contributed by atoms with Crippen molar-refractivity contribution in [3.05, 3.63) is 12.2 Å². The second-order valence-electron chi connectivity index (χ2n) is 2.48. The first kappa shape index (κ1) is 12.1. The van der Waals surface area contributed by atoms with Crippen molar-refractivity contribution in [3.63, 3.8) is 0 Å². The van der Waals surface area contributed by atoms with Crippen LogP contribution in [0.3, 0.4) is 0 Å². The highest BCUT2D eigenvalue weighted by molar-refractivity contribution is 7.87. The lowest BCUT2D eigenvalue weighted by Gasteiger charge is -2.04. The molecule has 0 aliphatic carbocycles. The van der Waals surface area contributed by atoms with E-state index < -0.39 is 27.9 Å². The van der Waals surface area contributed by atoms with Gasteiger partial charge in [-0.1, -0.05) is 6.08 Å². The molecule has 1 unspecified atom stereocenters. The number of rotatable bonds is 4. The summed E-state index contributed by atoms with van der Waals surface area (Å²) < 4.78 is 25.9. The van der Waals surface area contributed by atoms with Gasteiger partial charge in [0.15, 0.2) is 0 Å². The van der Waals surface area contributed by atoms with Crippen molar-refractivity contribution in [3.8, 4) is 0 Å². The van der Waals surface area contributed by atoms with Crippen LogP contribution in [0.15, 0.2) is 12.2 Å². The summed E-state index contributed by atoms with van der Waals surface area (Å²) in [5.74, 6) is -1.54. The summed E-state index contributed by atoms with van der Waals surface area (Å²) in [4.78, 5) is 10.7. The Morgan fingerprint density at radius 3 is 2.54 bits per heavy atom. The van der Waals surface area contributed by atoms with Gasteiger partial charge in [-0.25, -0.2) is 4.79 Å². The molecule has 0 radical (unpaired) electrons. The molecule has 0 aromatic heterocycles.